The molecule has 0 aliphatic heterocycles. The molecular formula is C15H20N4O. The highest BCUT2D eigenvalue weighted by molar-refractivity contribution is 5.83. The van der Waals surface area contributed by atoms with E-state index < -0.39 is 0 Å². The molecule has 1 heterocycles. The largest absolute Gasteiger partial charge is 0.355 e. The minimum Gasteiger partial charge on any atom is -0.355 e. The molecule has 5 nitrogen and oxygen atoms in total. The van der Waals surface area contributed by atoms with E-state index in [9.17, 15) is 4.79 Å². The first-order valence-corrected chi connectivity index (χ1v) is 6.85. The van der Waals surface area contributed by atoms with Gasteiger partial charge in [-0.1, -0.05) is 44.2 Å². The average Bonchev–Trinajstić information content (AvgIpc) is 2.93. The minimum absolute atomic E-state index is 0.0608. The number of aromatic nitrogens is 3. The number of H-pyrrole nitrogens is 1. The summed E-state index contributed by atoms with van der Waals surface area (Å²) in [6, 6.07) is 9.89. The molecule has 1 amide bonds. The van der Waals surface area contributed by atoms with Gasteiger partial charge in [-0.25, -0.2) is 4.98 Å². The summed E-state index contributed by atoms with van der Waals surface area (Å²) in [5.74, 6) is 0.977. The Kier molecular flexibility index (Phi) is 4.87. The van der Waals surface area contributed by atoms with Crippen LogP contribution in [0.15, 0.2) is 36.7 Å². The summed E-state index contributed by atoms with van der Waals surface area (Å²) in [5, 5.41) is 9.54. The zero-order valence-corrected chi connectivity index (χ0v) is 11.8. The van der Waals surface area contributed by atoms with Crippen LogP contribution in [0.4, 0.5) is 0 Å². The van der Waals surface area contributed by atoms with Crippen molar-refractivity contribution in [3.8, 4) is 0 Å². The van der Waals surface area contributed by atoms with Crippen LogP contribution in [0.3, 0.4) is 0 Å². The SMILES string of the molecule is CC(C)[C@H](C(=O)NCCc1ncn[nH]1)c1ccccc1. The molecule has 0 radical (unpaired) electrons. The van der Waals surface area contributed by atoms with E-state index in [0.717, 1.165) is 11.4 Å². The van der Waals surface area contributed by atoms with Crippen LogP contribution < -0.4 is 5.32 Å². The smallest absolute Gasteiger partial charge is 0.227 e. The van der Waals surface area contributed by atoms with Crippen molar-refractivity contribution in [3.63, 3.8) is 0 Å². The van der Waals surface area contributed by atoms with Crippen molar-refractivity contribution in [1.82, 2.24) is 20.5 Å². The van der Waals surface area contributed by atoms with Crippen molar-refractivity contribution in [1.29, 1.82) is 0 Å². The molecule has 0 bridgehead atoms. The van der Waals surface area contributed by atoms with Crippen LogP contribution in [-0.2, 0) is 11.2 Å². The zero-order valence-electron chi connectivity index (χ0n) is 11.8. The summed E-state index contributed by atoms with van der Waals surface area (Å²) in [7, 11) is 0. The van der Waals surface area contributed by atoms with Gasteiger partial charge < -0.3 is 5.32 Å². The Hall–Kier alpha value is -2.17. The molecule has 0 fully saturated rings. The second kappa shape index (κ2) is 6.84. The third-order valence-corrected chi connectivity index (χ3v) is 3.23. The van der Waals surface area contributed by atoms with Crippen LogP contribution >= 0.6 is 0 Å². The molecule has 0 aliphatic carbocycles. The van der Waals surface area contributed by atoms with Gasteiger partial charge in [0, 0.05) is 13.0 Å². The Morgan fingerprint density at radius 2 is 2.05 bits per heavy atom. The van der Waals surface area contributed by atoms with Crippen molar-refractivity contribution >= 4 is 5.91 Å². The van der Waals surface area contributed by atoms with E-state index in [0.29, 0.717) is 13.0 Å². The van der Waals surface area contributed by atoms with Gasteiger partial charge in [0.2, 0.25) is 5.91 Å². The van der Waals surface area contributed by atoms with E-state index >= 15 is 0 Å². The van der Waals surface area contributed by atoms with Gasteiger partial charge in [0.25, 0.3) is 0 Å². The highest BCUT2D eigenvalue weighted by Gasteiger charge is 2.23. The van der Waals surface area contributed by atoms with Gasteiger partial charge >= 0.3 is 0 Å². The number of rotatable bonds is 6. The monoisotopic (exact) mass is 272 g/mol. The molecule has 1 atom stereocenters. The van der Waals surface area contributed by atoms with E-state index in [-0.39, 0.29) is 17.7 Å². The number of hydrogen-bond acceptors (Lipinski definition) is 3. The Balaban J connectivity index is 1.94. The Bertz CT molecular complexity index is 522. The summed E-state index contributed by atoms with van der Waals surface area (Å²) in [6.07, 6.45) is 2.13. The van der Waals surface area contributed by atoms with Gasteiger partial charge in [-0.15, -0.1) is 0 Å². The number of amides is 1. The highest BCUT2D eigenvalue weighted by atomic mass is 16.1. The average molecular weight is 272 g/mol. The standard InChI is InChI=1S/C15H20N4O/c1-11(2)14(12-6-4-3-5-7-12)15(20)16-9-8-13-17-10-18-19-13/h3-7,10-11,14H,8-9H2,1-2H3,(H,16,20)(H,17,18,19)/t14-/m0/s1. The predicted octanol–water partition coefficient (Wildman–Crippen LogP) is 1.90. The maximum atomic E-state index is 12.4. The van der Waals surface area contributed by atoms with Crippen molar-refractivity contribution in [2.24, 2.45) is 5.92 Å². The lowest BCUT2D eigenvalue weighted by atomic mass is 9.87. The summed E-state index contributed by atoms with van der Waals surface area (Å²) in [5.41, 5.74) is 1.06. The normalized spacial score (nSPS) is 12.3. The van der Waals surface area contributed by atoms with Crippen LogP contribution in [0, 0.1) is 5.92 Å². The summed E-state index contributed by atoms with van der Waals surface area (Å²) >= 11 is 0. The van der Waals surface area contributed by atoms with Gasteiger partial charge in [0.05, 0.1) is 5.92 Å². The fourth-order valence-electron chi connectivity index (χ4n) is 2.26. The lowest BCUT2D eigenvalue weighted by molar-refractivity contribution is -0.123. The first-order valence-electron chi connectivity index (χ1n) is 6.85. The van der Waals surface area contributed by atoms with Crippen molar-refractivity contribution in [3.05, 3.63) is 48.0 Å². The van der Waals surface area contributed by atoms with E-state index in [1.54, 1.807) is 0 Å². The lowest BCUT2D eigenvalue weighted by Crippen LogP contribution is -2.33. The fraction of sp³-hybridized carbons (Fsp3) is 0.400. The number of nitrogens with one attached hydrogen (secondary N) is 2. The molecule has 20 heavy (non-hydrogen) atoms. The van der Waals surface area contributed by atoms with Crippen LogP contribution in [0.2, 0.25) is 0 Å². The second-order valence-electron chi connectivity index (χ2n) is 5.11. The molecule has 0 spiro atoms. The van der Waals surface area contributed by atoms with Crippen LogP contribution in [-0.4, -0.2) is 27.6 Å². The minimum atomic E-state index is -0.120. The zero-order chi connectivity index (χ0) is 14.4. The molecule has 106 valence electrons. The predicted molar refractivity (Wildman–Crippen MR) is 77.1 cm³/mol. The van der Waals surface area contributed by atoms with Crippen molar-refractivity contribution in [2.45, 2.75) is 26.2 Å². The van der Waals surface area contributed by atoms with Crippen molar-refractivity contribution < 1.29 is 4.79 Å². The number of carbonyl (C=O) groups excluding carboxylic acids is 1. The third kappa shape index (κ3) is 3.66. The van der Waals surface area contributed by atoms with Gasteiger partial charge in [-0.05, 0) is 11.5 Å². The van der Waals surface area contributed by atoms with Crippen molar-refractivity contribution in [2.75, 3.05) is 6.54 Å². The Morgan fingerprint density at radius 3 is 2.65 bits per heavy atom. The molecule has 1 aromatic carbocycles. The molecule has 2 aromatic rings. The Morgan fingerprint density at radius 1 is 1.30 bits per heavy atom. The van der Waals surface area contributed by atoms with E-state index in [1.807, 2.05) is 30.3 Å². The highest BCUT2D eigenvalue weighted by Crippen LogP contribution is 2.24. The van der Waals surface area contributed by atoms with E-state index in [4.69, 9.17) is 0 Å². The van der Waals surface area contributed by atoms with Gasteiger partial charge in [0.15, 0.2) is 0 Å². The van der Waals surface area contributed by atoms with E-state index in [2.05, 4.69) is 34.3 Å². The summed E-state index contributed by atoms with van der Waals surface area (Å²) in [4.78, 5) is 16.4. The van der Waals surface area contributed by atoms with Gasteiger partial charge in [0.1, 0.15) is 12.2 Å². The number of aromatic amines is 1. The molecule has 0 saturated carbocycles. The first kappa shape index (κ1) is 14.2. The molecule has 0 unspecified atom stereocenters. The molecule has 1 aromatic heterocycles. The fourth-order valence-corrected chi connectivity index (χ4v) is 2.26. The molecule has 0 aliphatic rings. The van der Waals surface area contributed by atoms with Crippen LogP contribution in [0.5, 0.6) is 0 Å². The molecule has 0 saturated heterocycles. The van der Waals surface area contributed by atoms with Gasteiger partial charge in [-0.2, -0.15) is 5.10 Å². The van der Waals surface area contributed by atoms with Crippen LogP contribution in [0.25, 0.3) is 0 Å². The van der Waals surface area contributed by atoms with E-state index in [1.165, 1.54) is 6.33 Å². The van der Waals surface area contributed by atoms with Crippen LogP contribution in [0.1, 0.15) is 31.2 Å². The molecule has 2 rings (SSSR count). The maximum Gasteiger partial charge on any atom is 0.227 e. The molecule has 5 heteroatoms. The molecular weight excluding hydrogens is 252 g/mol. The third-order valence-electron chi connectivity index (χ3n) is 3.23. The van der Waals surface area contributed by atoms with Gasteiger partial charge in [-0.3, -0.25) is 9.89 Å². The molecule has 2 N–H and O–H groups in total. The topological polar surface area (TPSA) is 70.7 Å². The quantitative estimate of drug-likeness (QED) is 0.843. The number of benzene rings is 1. The maximum absolute atomic E-state index is 12.4. The summed E-state index contributed by atoms with van der Waals surface area (Å²) in [6.45, 7) is 4.69. The first-order chi connectivity index (χ1) is 9.68. The lowest BCUT2D eigenvalue weighted by Gasteiger charge is -2.20. The number of nitrogens with zero attached hydrogens (tertiary/aromatic N) is 2. The number of carbonyl (C=O) groups is 1. The summed E-state index contributed by atoms with van der Waals surface area (Å²) < 4.78 is 0. The Labute approximate surface area is 118 Å². The number of hydrogen-bond donors (Lipinski definition) is 2. The second-order valence-corrected chi connectivity index (χ2v) is 5.11.